The normalized spacial score (nSPS) is 10.4. The number of benzene rings is 4. The number of terminal acetylenes is 1. The Morgan fingerprint density at radius 1 is 0.689 bits per heavy atom. The molecule has 11 nitrogen and oxygen atoms in total. The molecule has 230 valence electrons. The number of para-hydroxylation sites is 1. The fourth-order valence-electron chi connectivity index (χ4n) is 4.17. The van der Waals surface area contributed by atoms with E-state index in [4.69, 9.17) is 25.5 Å². The molecule has 0 atom stereocenters. The van der Waals surface area contributed by atoms with E-state index in [1.165, 1.54) is 24.3 Å². The zero-order chi connectivity index (χ0) is 32.0. The molecule has 1 amide bonds. The molecular weight excluding hydrogens is 580 g/mol. The number of ether oxygens (including phenoxy) is 3. The summed E-state index contributed by atoms with van der Waals surface area (Å²) in [7, 11) is 0. The van der Waals surface area contributed by atoms with Crippen molar-refractivity contribution in [2.75, 3.05) is 13.2 Å². The van der Waals surface area contributed by atoms with Crippen molar-refractivity contribution < 1.29 is 43.6 Å². The maximum atomic E-state index is 12.7. The number of carboxylic acid groups (broad SMARTS) is 2. The summed E-state index contributed by atoms with van der Waals surface area (Å²) in [5.41, 5.74) is 4.75. The molecule has 4 rings (SSSR count). The van der Waals surface area contributed by atoms with Crippen LogP contribution in [0.5, 0.6) is 17.2 Å². The lowest BCUT2D eigenvalue weighted by Gasteiger charge is -2.12. The predicted octanol–water partition coefficient (Wildman–Crippen LogP) is 4.66. The topological polar surface area (TPSA) is 153 Å². The number of rotatable bonds is 16. The highest BCUT2D eigenvalue weighted by atomic mass is 16.6. The summed E-state index contributed by atoms with van der Waals surface area (Å²) in [4.78, 5) is 41.5. The van der Waals surface area contributed by atoms with Gasteiger partial charge in [0.1, 0.15) is 36.6 Å². The first-order valence-electron chi connectivity index (χ1n) is 13.7. The number of aromatic carboxylic acids is 2. The molecule has 4 aromatic rings. The SMILES string of the molecule is C#COc1ccc(C(=O)O)c(C(=O)NCc2ccc(CNOCc3cc(OCCOc4ccccc4)ccc3C(=O)O)cc2)c1. The van der Waals surface area contributed by atoms with Crippen molar-refractivity contribution in [3.63, 3.8) is 0 Å². The molecule has 0 aliphatic heterocycles. The third-order valence-electron chi connectivity index (χ3n) is 6.40. The number of amides is 1. The van der Waals surface area contributed by atoms with Crippen LogP contribution in [0.15, 0.2) is 91.0 Å². The molecule has 0 aromatic heterocycles. The second-order valence-electron chi connectivity index (χ2n) is 9.48. The molecule has 4 aromatic carbocycles. The standard InChI is InChI=1S/C34H30N2O9/c1-2-42-28-13-15-30(34(40)41)31(19-28)32(37)35-20-23-8-10-24(11-9-23)21-36-45-22-25-18-27(12-14-29(25)33(38)39)44-17-16-43-26-6-4-3-5-7-26/h1,3-15,18-19,36H,16-17,20-22H2,(H,35,37)(H,38,39)(H,40,41). The van der Waals surface area contributed by atoms with Gasteiger partial charge in [-0.3, -0.25) is 9.63 Å². The molecule has 11 heteroatoms. The third-order valence-corrected chi connectivity index (χ3v) is 6.40. The van der Waals surface area contributed by atoms with Gasteiger partial charge >= 0.3 is 11.9 Å². The van der Waals surface area contributed by atoms with Crippen molar-refractivity contribution in [1.82, 2.24) is 10.8 Å². The van der Waals surface area contributed by atoms with E-state index < -0.39 is 17.8 Å². The van der Waals surface area contributed by atoms with Crippen LogP contribution < -0.4 is 25.0 Å². The van der Waals surface area contributed by atoms with Crippen molar-refractivity contribution in [3.05, 3.63) is 124 Å². The summed E-state index contributed by atoms with van der Waals surface area (Å²) in [5.74, 6) is -1.53. The van der Waals surface area contributed by atoms with Gasteiger partial charge in [-0.2, -0.15) is 5.48 Å². The molecule has 0 saturated carbocycles. The quantitative estimate of drug-likeness (QED) is 0.0801. The van der Waals surface area contributed by atoms with Crippen LogP contribution in [-0.2, 0) is 24.5 Å². The summed E-state index contributed by atoms with van der Waals surface area (Å²) in [5, 5.41) is 21.7. The van der Waals surface area contributed by atoms with Crippen molar-refractivity contribution in [3.8, 4) is 29.8 Å². The summed E-state index contributed by atoms with van der Waals surface area (Å²) in [6, 6.07) is 25.2. The van der Waals surface area contributed by atoms with Gasteiger partial charge in [-0.25, -0.2) is 9.59 Å². The van der Waals surface area contributed by atoms with E-state index in [2.05, 4.69) is 10.8 Å². The highest BCUT2D eigenvalue weighted by Gasteiger charge is 2.18. The summed E-state index contributed by atoms with van der Waals surface area (Å²) >= 11 is 0. The molecule has 0 fully saturated rings. The predicted molar refractivity (Wildman–Crippen MR) is 163 cm³/mol. The smallest absolute Gasteiger partial charge is 0.336 e. The molecule has 0 saturated heterocycles. The lowest BCUT2D eigenvalue weighted by molar-refractivity contribution is 0.0225. The molecule has 0 unspecified atom stereocenters. The molecular formula is C34H30N2O9. The minimum atomic E-state index is -1.25. The van der Waals surface area contributed by atoms with Gasteiger partial charge in [-0.05, 0) is 65.2 Å². The van der Waals surface area contributed by atoms with Gasteiger partial charge in [0.2, 0.25) is 0 Å². The van der Waals surface area contributed by atoms with Crippen LogP contribution in [0, 0.1) is 12.5 Å². The first-order valence-corrected chi connectivity index (χ1v) is 13.7. The number of nitrogens with one attached hydrogen (secondary N) is 2. The molecule has 45 heavy (non-hydrogen) atoms. The minimum Gasteiger partial charge on any atom is -0.490 e. The minimum absolute atomic E-state index is 0.0185. The zero-order valence-electron chi connectivity index (χ0n) is 24.0. The Balaban J connectivity index is 1.24. The lowest BCUT2D eigenvalue weighted by atomic mass is 10.1. The Bertz CT molecular complexity index is 1670. The van der Waals surface area contributed by atoms with Crippen LogP contribution in [0.2, 0.25) is 0 Å². The van der Waals surface area contributed by atoms with Gasteiger partial charge in [-0.1, -0.05) is 48.9 Å². The summed E-state index contributed by atoms with van der Waals surface area (Å²) < 4.78 is 16.3. The van der Waals surface area contributed by atoms with Crippen LogP contribution in [0.1, 0.15) is 47.8 Å². The maximum Gasteiger partial charge on any atom is 0.336 e. The second kappa shape index (κ2) is 16.1. The zero-order valence-corrected chi connectivity index (χ0v) is 24.0. The fourth-order valence-corrected chi connectivity index (χ4v) is 4.17. The number of carbonyl (C=O) groups is 3. The van der Waals surface area contributed by atoms with Crippen LogP contribution in [-0.4, -0.2) is 41.3 Å². The summed E-state index contributed by atoms with van der Waals surface area (Å²) in [6.07, 6.45) is 7.11. The molecule has 0 radical (unpaired) electrons. The van der Waals surface area contributed by atoms with Crippen molar-refractivity contribution >= 4 is 17.8 Å². The van der Waals surface area contributed by atoms with Gasteiger partial charge in [0.05, 0.1) is 23.3 Å². The highest BCUT2D eigenvalue weighted by molar-refractivity contribution is 6.05. The largest absolute Gasteiger partial charge is 0.490 e. The van der Waals surface area contributed by atoms with Gasteiger partial charge < -0.3 is 29.7 Å². The molecule has 0 aliphatic carbocycles. The highest BCUT2D eigenvalue weighted by Crippen LogP contribution is 2.20. The van der Waals surface area contributed by atoms with E-state index in [9.17, 15) is 24.6 Å². The van der Waals surface area contributed by atoms with Gasteiger partial charge in [0.15, 0.2) is 0 Å². The van der Waals surface area contributed by atoms with E-state index in [-0.39, 0.29) is 42.2 Å². The van der Waals surface area contributed by atoms with Gasteiger partial charge in [0.25, 0.3) is 5.91 Å². The number of hydroxylamine groups is 1. The fraction of sp³-hybridized carbons (Fsp3) is 0.147. The van der Waals surface area contributed by atoms with Crippen LogP contribution in [0.25, 0.3) is 0 Å². The Hall–Kier alpha value is -5.83. The molecule has 0 spiro atoms. The monoisotopic (exact) mass is 610 g/mol. The van der Waals surface area contributed by atoms with E-state index in [1.807, 2.05) is 48.6 Å². The molecule has 0 aliphatic rings. The van der Waals surface area contributed by atoms with E-state index in [0.29, 0.717) is 24.5 Å². The first-order chi connectivity index (χ1) is 21.8. The van der Waals surface area contributed by atoms with Crippen LogP contribution in [0.4, 0.5) is 0 Å². The van der Waals surface area contributed by atoms with Crippen LogP contribution >= 0.6 is 0 Å². The van der Waals surface area contributed by atoms with Crippen molar-refractivity contribution in [2.24, 2.45) is 0 Å². The van der Waals surface area contributed by atoms with E-state index >= 15 is 0 Å². The van der Waals surface area contributed by atoms with E-state index in [1.54, 1.807) is 24.3 Å². The summed E-state index contributed by atoms with van der Waals surface area (Å²) in [6.45, 7) is 1.06. The maximum absolute atomic E-state index is 12.7. The average Bonchev–Trinajstić information content (AvgIpc) is 3.05. The number of hydrogen-bond acceptors (Lipinski definition) is 8. The Morgan fingerprint density at radius 3 is 1.98 bits per heavy atom. The van der Waals surface area contributed by atoms with Gasteiger partial charge in [0, 0.05) is 13.1 Å². The number of hydrogen-bond donors (Lipinski definition) is 4. The third kappa shape index (κ3) is 9.59. The molecule has 0 heterocycles. The van der Waals surface area contributed by atoms with Crippen molar-refractivity contribution in [2.45, 2.75) is 19.7 Å². The first kappa shape index (κ1) is 32.1. The molecule has 4 N–H and O–H groups in total. The van der Waals surface area contributed by atoms with Gasteiger partial charge in [-0.15, -0.1) is 0 Å². The Labute approximate surface area is 259 Å². The second-order valence-corrected chi connectivity index (χ2v) is 9.48. The number of carboxylic acids is 2. The lowest BCUT2D eigenvalue weighted by Crippen LogP contribution is -2.25. The Morgan fingerprint density at radius 2 is 1.31 bits per heavy atom. The Kier molecular flexibility index (Phi) is 11.5. The number of carbonyl (C=O) groups excluding carboxylic acids is 1. The van der Waals surface area contributed by atoms with E-state index in [0.717, 1.165) is 16.9 Å². The average molecular weight is 611 g/mol. The van der Waals surface area contributed by atoms with Crippen LogP contribution in [0.3, 0.4) is 0 Å². The van der Waals surface area contributed by atoms with Crippen molar-refractivity contribution in [1.29, 1.82) is 0 Å². The molecule has 0 bridgehead atoms.